The zero-order chi connectivity index (χ0) is 72.0. The molecule has 3 aliphatic heterocycles. The summed E-state index contributed by atoms with van der Waals surface area (Å²) in [7, 11) is 7.41. The highest BCUT2D eigenvalue weighted by Crippen LogP contribution is 2.50. The molecule has 526 valence electrons. The Labute approximate surface area is 545 Å². The van der Waals surface area contributed by atoms with E-state index < -0.39 is 154 Å². The van der Waals surface area contributed by atoms with E-state index in [1.165, 1.54) is 27.9 Å². The van der Waals surface area contributed by atoms with Crippen LogP contribution >= 0.6 is 0 Å². The monoisotopic (exact) mass is 1290 g/mol. The fraction of sp³-hybridized carbons (Fsp3) is 0.829. The Bertz CT molecular complexity index is 2250. The summed E-state index contributed by atoms with van der Waals surface area (Å²) in [6.45, 7) is 50.2. The molecule has 3 aliphatic rings. The molecule has 0 aromatic heterocycles. The molecule has 3 heterocycles. The molecule has 4 N–H and O–H groups in total. The Balaban J connectivity index is 0. The lowest BCUT2D eigenvalue weighted by Crippen LogP contribution is -2.52. The van der Waals surface area contributed by atoms with Crippen molar-refractivity contribution in [1.82, 2.24) is 0 Å². The number of ketones is 2. The summed E-state index contributed by atoms with van der Waals surface area (Å²) >= 11 is 0. The third-order valence-corrected chi connectivity index (χ3v) is 21.4. The summed E-state index contributed by atoms with van der Waals surface area (Å²) in [5, 5.41) is 0. The van der Waals surface area contributed by atoms with Crippen LogP contribution in [0.2, 0.25) is 0 Å². The molecule has 91 heavy (non-hydrogen) atoms. The molecule has 0 aromatic rings. The Morgan fingerprint density at radius 1 is 0.286 bits per heavy atom. The van der Waals surface area contributed by atoms with Crippen molar-refractivity contribution in [3.63, 3.8) is 0 Å². The van der Waals surface area contributed by atoms with Gasteiger partial charge in [0, 0.05) is 11.8 Å². The number of cyclic esters (lactones) is 6. The molecule has 0 bridgehead atoms. The van der Waals surface area contributed by atoms with Gasteiger partial charge < -0.3 is 44.6 Å². The van der Waals surface area contributed by atoms with Gasteiger partial charge in [0.2, 0.25) is 0 Å². The SMILES string of the molecule is CC(C)C(C)C(C)C(C)C(C)C(C)C(C)C(C)C(C)C(C)C(C)C(C)C.CC(C)C1C(=O)OC(=O)C1C1C(=O)OC(=O)C1C1C(=O)OC(=O)C1C(C)C.CN.CN.COC(=O)C(C(C)C)C(C(C)=O)C(C(=O)OC)C(C(=O)OC)C(C(C)=O)C(C(=O)OC)C(C)C. The van der Waals surface area contributed by atoms with Gasteiger partial charge in [-0.25, -0.2) is 0 Å². The maximum atomic E-state index is 13.2. The molecule has 3 rings (SSSR count). The lowest BCUT2D eigenvalue weighted by molar-refractivity contribution is -0.174. The minimum Gasteiger partial charge on any atom is -0.469 e. The molecular formula is C70H122N2O19. The zero-order valence-electron chi connectivity index (χ0n) is 61.1. The topological polar surface area (TPSA) is 321 Å². The van der Waals surface area contributed by atoms with Gasteiger partial charge in [0.25, 0.3) is 0 Å². The van der Waals surface area contributed by atoms with Gasteiger partial charge >= 0.3 is 59.7 Å². The van der Waals surface area contributed by atoms with Gasteiger partial charge in [-0.3, -0.25) is 57.5 Å². The highest BCUT2D eigenvalue weighted by atomic mass is 16.6. The first kappa shape index (κ1) is 87.6. The highest BCUT2D eigenvalue weighted by molar-refractivity contribution is 6.07. The number of carbonyl (C=O) groups is 12. The first-order valence-electron chi connectivity index (χ1n) is 32.8. The van der Waals surface area contributed by atoms with Gasteiger partial charge in [0.05, 0.1) is 87.6 Å². The third-order valence-electron chi connectivity index (χ3n) is 21.4. The van der Waals surface area contributed by atoms with Crippen molar-refractivity contribution < 1.29 is 90.7 Å². The van der Waals surface area contributed by atoms with Crippen LogP contribution in [0.3, 0.4) is 0 Å². The maximum Gasteiger partial charge on any atom is 0.318 e. The molecule has 0 spiro atoms. The largest absolute Gasteiger partial charge is 0.469 e. The van der Waals surface area contributed by atoms with Crippen LogP contribution in [0.25, 0.3) is 0 Å². The fourth-order valence-electron chi connectivity index (χ4n) is 14.2. The van der Waals surface area contributed by atoms with Crippen LogP contribution in [-0.4, -0.2) is 114 Å². The summed E-state index contributed by atoms with van der Waals surface area (Å²) in [6.07, 6.45) is 0. The average molecular weight is 1300 g/mol. The van der Waals surface area contributed by atoms with Gasteiger partial charge in [0.1, 0.15) is 11.6 Å². The van der Waals surface area contributed by atoms with Crippen molar-refractivity contribution >= 4 is 71.3 Å². The number of carbonyl (C=O) groups excluding carboxylic acids is 12. The first-order chi connectivity index (χ1) is 42.0. The van der Waals surface area contributed by atoms with Crippen LogP contribution in [-0.2, 0) is 90.7 Å². The molecule has 0 amide bonds. The van der Waals surface area contributed by atoms with E-state index in [-0.39, 0.29) is 11.8 Å². The molecule has 0 aliphatic carbocycles. The van der Waals surface area contributed by atoms with E-state index in [0.717, 1.165) is 99.5 Å². The van der Waals surface area contributed by atoms with Gasteiger partial charge in [0.15, 0.2) is 0 Å². The Hall–Kier alpha value is -5.44. The molecule has 21 heteroatoms. The Kier molecular flexibility index (Phi) is 38.5. The number of hydrogen-bond donors (Lipinski definition) is 2. The molecule has 3 saturated heterocycles. The Morgan fingerprint density at radius 2 is 0.473 bits per heavy atom. The van der Waals surface area contributed by atoms with E-state index in [0.29, 0.717) is 0 Å². The number of nitrogens with two attached hydrogens (primary N) is 2. The standard InChI is InChI=1S/C26H54.C24H38O10.C18H20O9.2CH5N/c1-15(2)17(5)19(7)21(9)23(11)25(13)26(14)24(12)22(10)20(8)18(6)16(3)4;1-11(2)15(21(27)31-7)17(13(5)25)19(23(29)33-9)20(24(30)34-10)18(14(6)26)16(12(3)4)22(28)32-8;1-5(2)7-9(15(21)25-13(7)19)11-12(18(24)27-17(11)23)10-8(6(3)4)14(20)26-16(10)22;2*1-2/h15-26H,1-14H3;11-12,15-20H,1-10H3;5-12H,1-4H3;2*2H2,1H3. The van der Waals surface area contributed by atoms with E-state index in [1.807, 2.05) is 0 Å². The second-order valence-electron chi connectivity index (χ2n) is 27.9. The van der Waals surface area contributed by atoms with Crippen LogP contribution in [0.4, 0.5) is 0 Å². The van der Waals surface area contributed by atoms with Gasteiger partial charge in [-0.2, -0.15) is 0 Å². The Morgan fingerprint density at radius 3 is 0.648 bits per heavy atom. The minimum atomic E-state index is -1.61. The summed E-state index contributed by atoms with van der Waals surface area (Å²) in [6, 6.07) is 0. The molecule has 21 nitrogen and oxygen atoms in total. The quantitative estimate of drug-likeness (QED) is 0.0418. The fourth-order valence-corrected chi connectivity index (χ4v) is 14.2. The second-order valence-corrected chi connectivity index (χ2v) is 27.9. The number of rotatable bonds is 28. The van der Waals surface area contributed by atoms with Crippen molar-refractivity contribution in [2.75, 3.05) is 42.5 Å². The number of Topliss-reactive ketones (excluding diaryl/α,β-unsaturated/α-hetero) is 2. The lowest BCUT2D eigenvalue weighted by atomic mass is 9.62. The highest BCUT2D eigenvalue weighted by Gasteiger charge is 2.65. The van der Waals surface area contributed by atoms with E-state index in [4.69, 9.17) is 33.2 Å². The number of methoxy groups -OCH3 is 4. The number of hydrogen-bond acceptors (Lipinski definition) is 21. The van der Waals surface area contributed by atoms with Crippen molar-refractivity contribution in [3.8, 4) is 0 Å². The average Bonchev–Trinajstić information content (AvgIpc) is 1.65. The smallest absolute Gasteiger partial charge is 0.318 e. The van der Waals surface area contributed by atoms with Crippen molar-refractivity contribution in [1.29, 1.82) is 0 Å². The van der Waals surface area contributed by atoms with Crippen LogP contribution in [0.15, 0.2) is 0 Å². The van der Waals surface area contributed by atoms with E-state index in [1.54, 1.807) is 55.4 Å². The second kappa shape index (κ2) is 40.0. The van der Waals surface area contributed by atoms with Crippen LogP contribution < -0.4 is 11.5 Å². The predicted octanol–water partition coefficient (Wildman–Crippen LogP) is 9.92. The number of esters is 10. The molecular weight excluding hydrogens is 1170 g/mol. The summed E-state index contributed by atoms with van der Waals surface area (Å²) < 4.78 is 33.8. The lowest BCUT2D eigenvalue weighted by Gasteiger charge is -2.41. The molecule has 0 aromatic carbocycles. The van der Waals surface area contributed by atoms with E-state index in [9.17, 15) is 57.5 Å². The zero-order valence-corrected chi connectivity index (χ0v) is 61.1. The van der Waals surface area contributed by atoms with E-state index in [2.05, 4.69) is 108 Å². The van der Waals surface area contributed by atoms with Gasteiger partial charge in [-0.15, -0.1) is 0 Å². The molecule has 0 saturated carbocycles. The maximum absolute atomic E-state index is 13.2. The van der Waals surface area contributed by atoms with E-state index >= 15 is 0 Å². The van der Waals surface area contributed by atoms with Crippen LogP contribution in [0.1, 0.15) is 166 Å². The summed E-state index contributed by atoms with van der Waals surface area (Å²) in [5.41, 5.74) is 9.00. The van der Waals surface area contributed by atoms with Crippen molar-refractivity contribution in [2.45, 2.75) is 166 Å². The normalized spacial score (nSPS) is 24.2. The molecule has 22 unspecified atom stereocenters. The summed E-state index contributed by atoms with van der Waals surface area (Å²) in [4.78, 5) is 151. The molecule has 3 fully saturated rings. The number of ether oxygens (including phenoxy) is 7. The first-order valence-corrected chi connectivity index (χ1v) is 32.8. The minimum absolute atomic E-state index is 0.351. The molecule has 22 atom stereocenters. The van der Waals surface area contributed by atoms with Crippen molar-refractivity contribution in [3.05, 3.63) is 0 Å². The molecule has 0 radical (unpaired) electrons. The van der Waals surface area contributed by atoms with Gasteiger partial charge in [-0.1, -0.05) is 152 Å². The third kappa shape index (κ3) is 21.8. The summed E-state index contributed by atoms with van der Waals surface area (Å²) in [5.74, 6) is -17.7. The van der Waals surface area contributed by atoms with Crippen LogP contribution in [0.5, 0.6) is 0 Å². The predicted molar refractivity (Wildman–Crippen MR) is 345 cm³/mol. The van der Waals surface area contributed by atoms with Gasteiger partial charge in [-0.05, 0) is 123 Å². The van der Waals surface area contributed by atoms with Crippen molar-refractivity contribution in [2.24, 2.45) is 177 Å². The van der Waals surface area contributed by atoms with Crippen LogP contribution in [0, 0.1) is 166 Å².